The lowest BCUT2D eigenvalue weighted by Gasteiger charge is -2.42. The van der Waals surface area contributed by atoms with E-state index in [1.165, 1.54) is 44.5 Å². The predicted molar refractivity (Wildman–Crippen MR) is 117 cm³/mol. The summed E-state index contributed by atoms with van der Waals surface area (Å²) in [6.07, 6.45) is 0.992. The molecule has 5 rings (SSSR count). The van der Waals surface area contributed by atoms with Crippen molar-refractivity contribution in [3.05, 3.63) is 142 Å². The van der Waals surface area contributed by atoms with Crippen molar-refractivity contribution < 1.29 is 0 Å². The topological polar surface area (TPSA) is 0 Å². The van der Waals surface area contributed by atoms with Gasteiger partial charge in [0.05, 0.1) is 5.41 Å². The van der Waals surface area contributed by atoms with Gasteiger partial charge in [-0.05, 0) is 53.6 Å². The van der Waals surface area contributed by atoms with Gasteiger partial charge in [0.1, 0.15) is 0 Å². The molecular weight excluding hydrogens is 336 g/mol. The Balaban J connectivity index is 1.94. The van der Waals surface area contributed by atoms with E-state index in [9.17, 15) is 0 Å². The lowest BCUT2D eigenvalue weighted by molar-refractivity contribution is 0.702. The van der Waals surface area contributed by atoms with Crippen molar-refractivity contribution in [2.24, 2.45) is 0 Å². The molecule has 0 N–H and O–H groups in total. The first-order valence-electron chi connectivity index (χ1n) is 10.0. The van der Waals surface area contributed by atoms with E-state index in [-0.39, 0.29) is 5.41 Å². The Morgan fingerprint density at radius 2 is 0.893 bits per heavy atom. The molecule has 0 amide bonds. The van der Waals surface area contributed by atoms with Crippen molar-refractivity contribution in [1.82, 2.24) is 0 Å². The van der Waals surface area contributed by atoms with Crippen molar-refractivity contribution in [2.75, 3.05) is 0 Å². The van der Waals surface area contributed by atoms with Gasteiger partial charge >= 0.3 is 0 Å². The van der Waals surface area contributed by atoms with Crippen LogP contribution in [0.4, 0.5) is 0 Å². The van der Waals surface area contributed by atoms with E-state index in [2.05, 4.69) is 111 Å². The average molecular weight is 361 g/mol. The fourth-order valence-electron chi connectivity index (χ4n) is 4.83. The maximum Gasteiger partial charge on any atom is 0.0707 e. The minimum Gasteiger partial charge on any atom is -0.0620 e. The van der Waals surface area contributed by atoms with E-state index in [0.717, 1.165) is 6.42 Å². The summed E-state index contributed by atoms with van der Waals surface area (Å²) >= 11 is 0. The molecule has 0 aromatic heterocycles. The molecule has 4 aromatic carbocycles. The molecule has 28 heavy (non-hydrogen) atoms. The van der Waals surface area contributed by atoms with Gasteiger partial charge in [-0.3, -0.25) is 0 Å². The predicted octanol–water partition coefficient (Wildman–Crippen LogP) is 6.59. The molecule has 0 bridgehead atoms. The molecule has 0 unspecified atom stereocenters. The van der Waals surface area contributed by atoms with Crippen LogP contribution >= 0.6 is 0 Å². The van der Waals surface area contributed by atoms with Crippen LogP contribution in [0.5, 0.6) is 0 Å². The molecule has 0 aliphatic heterocycles. The second-order valence-electron chi connectivity index (χ2n) is 7.97. The van der Waals surface area contributed by atoms with Crippen LogP contribution in [0.15, 0.2) is 97.1 Å². The van der Waals surface area contributed by atoms with E-state index >= 15 is 0 Å². The van der Waals surface area contributed by atoms with Gasteiger partial charge in [-0.2, -0.15) is 0 Å². The number of rotatable bonds is 2. The maximum atomic E-state index is 2.32. The summed E-state index contributed by atoms with van der Waals surface area (Å²) in [5.74, 6) is 0. The van der Waals surface area contributed by atoms with Crippen LogP contribution in [0.1, 0.15) is 44.5 Å². The first kappa shape index (κ1) is 17.0. The van der Waals surface area contributed by atoms with Gasteiger partial charge in [-0.15, -0.1) is 0 Å². The van der Waals surface area contributed by atoms with Gasteiger partial charge in [0.25, 0.3) is 0 Å². The molecule has 0 nitrogen and oxygen atoms in total. The molecule has 0 spiro atoms. The number of benzene rings is 4. The van der Waals surface area contributed by atoms with Crippen LogP contribution in [0.2, 0.25) is 0 Å². The number of hydrogen-bond acceptors (Lipinski definition) is 0. The number of fused-ring (bicyclic) bond motifs is 2. The highest BCUT2D eigenvalue weighted by atomic mass is 14.4. The summed E-state index contributed by atoms with van der Waals surface area (Å²) in [7, 11) is 0. The van der Waals surface area contributed by atoms with E-state index < -0.39 is 0 Å². The molecule has 0 fully saturated rings. The molecule has 1 aliphatic carbocycles. The zero-order valence-corrected chi connectivity index (χ0v) is 16.4. The zero-order valence-electron chi connectivity index (χ0n) is 16.4. The Kier molecular flexibility index (Phi) is 3.94. The van der Waals surface area contributed by atoms with Gasteiger partial charge in [-0.25, -0.2) is 0 Å². The van der Waals surface area contributed by atoms with Crippen molar-refractivity contribution in [1.29, 1.82) is 0 Å². The van der Waals surface area contributed by atoms with E-state index in [1.54, 1.807) is 0 Å². The zero-order chi connectivity index (χ0) is 19.1. The van der Waals surface area contributed by atoms with E-state index in [0.29, 0.717) is 0 Å². The second kappa shape index (κ2) is 6.49. The Labute approximate surface area is 167 Å². The first-order valence-corrected chi connectivity index (χ1v) is 10.0. The fourth-order valence-corrected chi connectivity index (χ4v) is 4.83. The molecule has 0 heterocycles. The van der Waals surface area contributed by atoms with Gasteiger partial charge in [-0.1, -0.05) is 108 Å². The van der Waals surface area contributed by atoms with Gasteiger partial charge in [0.2, 0.25) is 0 Å². The maximum absolute atomic E-state index is 2.32. The average Bonchev–Trinajstić information content (AvgIpc) is 2.73. The third-order valence-electron chi connectivity index (χ3n) is 6.19. The molecule has 0 saturated heterocycles. The van der Waals surface area contributed by atoms with Gasteiger partial charge in [0, 0.05) is 0 Å². The van der Waals surface area contributed by atoms with E-state index in [1.807, 2.05) is 0 Å². The highest BCUT2D eigenvalue weighted by Gasteiger charge is 2.43. The summed E-state index contributed by atoms with van der Waals surface area (Å²) in [5, 5.41) is 0. The smallest absolute Gasteiger partial charge is 0.0620 e. The summed E-state index contributed by atoms with van der Waals surface area (Å²) in [6.45, 7) is 4.32. The number of aryl methyl sites for hydroxylation is 2. The SMILES string of the molecule is Cc1ccc(C2(c3ccc(C)cc3)c3ccccc3Cc3ccccc32)cc1. The molecule has 136 valence electrons. The van der Waals surface area contributed by atoms with Crippen molar-refractivity contribution in [2.45, 2.75) is 25.7 Å². The van der Waals surface area contributed by atoms with Crippen LogP contribution in [0.25, 0.3) is 0 Å². The summed E-state index contributed by atoms with van der Waals surface area (Å²) in [4.78, 5) is 0. The third-order valence-corrected chi connectivity index (χ3v) is 6.19. The second-order valence-corrected chi connectivity index (χ2v) is 7.97. The standard InChI is InChI=1S/C28H24/c1-20-11-15-24(16-12-20)28(25-17-13-21(2)14-18-25)26-9-5-3-7-22(26)19-23-8-4-6-10-27(23)28/h3-18H,19H2,1-2H3. The van der Waals surface area contributed by atoms with Crippen LogP contribution < -0.4 is 0 Å². The summed E-state index contributed by atoms with van der Waals surface area (Å²) in [5.41, 5.74) is 10.6. The highest BCUT2D eigenvalue weighted by molar-refractivity contribution is 5.66. The molecule has 1 aliphatic rings. The minimum absolute atomic E-state index is 0.285. The van der Waals surface area contributed by atoms with Crippen LogP contribution in [0.3, 0.4) is 0 Å². The quantitative estimate of drug-likeness (QED) is 0.333. The van der Waals surface area contributed by atoms with Crippen LogP contribution in [-0.2, 0) is 11.8 Å². The molecule has 0 radical (unpaired) electrons. The molecule has 0 saturated carbocycles. The third kappa shape index (κ3) is 2.45. The number of hydrogen-bond donors (Lipinski definition) is 0. The molecule has 0 heteroatoms. The Morgan fingerprint density at radius 3 is 1.32 bits per heavy atom. The lowest BCUT2D eigenvalue weighted by atomic mass is 9.59. The first-order chi connectivity index (χ1) is 13.7. The van der Waals surface area contributed by atoms with Crippen molar-refractivity contribution in [3.8, 4) is 0 Å². The fraction of sp³-hybridized carbons (Fsp3) is 0.143. The van der Waals surface area contributed by atoms with Gasteiger partial charge in [0.15, 0.2) is 0 Å². The largest absolute Gasteiger partial charge is 0.0707 e. The van der Waals surface area contributed by atoms with Crippen LogP contribution in [0, 0.1) is 13.8 Å². The minimum atomic E-state index is -0.285. The van der Waals surface area contributed by atoms with Gasteiger partial charge < -0.3 is 0 Å². The van der Waals surface area contributed by atoms with Crippen molar-refractivity contribution >= 4 is 0 Å². The monoisotopic (exact) mass is 360 g/mol. The molecule has 4 aromatic rings. The van der Waals surface area contributed by atoms with E-state index in [4.69, 9.17) is 0 Å². The molecule has 0 atom stereocenters. The van der Waals surface area contributed by atoms with Crippen molar-refractivity contribution in [3.63, 3.8) is 0 Å². The molecular formula is C28H24. The Hall–Kier alpha value is -3.12. The Bertz CT molecular complexity index is 1040. The normalized spacial score (nSPS) is 14.2. The Morgan fingerprint density at radius 1 is 0.500 bits per heavy atom. The lowest BCUT2D eigenvalue weighted by Crippen LogP contribution is -2.36. The highest BCUT2D eigenvalue weighted by Crippen LogP contribution is 2.50. The summed E-state index contributed by atoms with van der Waals surface area (Å²) in [6, 6.07) is 36.2. The van der Waals surface area contributed by atoms with Crippen LogP contribution in [-0.4, -0.2) is 0 Å². The summed E-state index contributed by atoms with van der Waals surface area (Å²) < 4.78 is 0.